The first-order valence-corrected chi connectivity index (χ1v) is 6.03. The predicted molar refractivity (Wildman–Crippen MR) is 66.4 cm³/mol. The summed E-state index contributed by atoms with van der Waals surface area (Å²) in [5.41, 5.74) is 2.10. The minimum absolute atomic E-state index is 0.206. The van der Waals surface area contributed by atoms with E-state index in [0.29, 0.717) is 6.04 Å². The SMILES string of the molecule is COc1ccc2c(c1)CC1CC(C)(C)C(=O)N21. The Balaban J connectivity index is 2.03. The molecule has 90 valence electrons. The summed E-state index contributed by atoms with van der Waals surface area (Å²) < 4.78 is 5.23. The number of carbonyl (C=O) groups is 1. The maximum atomic E-state index is 12.3. The molecule has 1 amide bonds. The van der Waals surface area contributed by atoms with Crippen LogP contribution in [0.2, 0.25) is 0 Å². The summed E-state index contributed by atoms with van der Waals surface area (Å²) in [7, 11) is 1.67. The molecule has 1 saturated heterocycles. The van der Waals surface area contributed by atoms with Gasteiger partial charge >= 0.3 is 0 Å². The molecule has 1 atom stereocenters. The van der Waals surface area contributed by atoms with Gasteiger partial charge in [-0.15, -0.1) is 0 Å². The lowest BCUT2D eigenvalue weighted by Crippen LogP contribution is -2.32. The molecule has 0 N–H and O–H groups in total. The molecule has 0 bridgehead atoms. The van der Waals surface area contributed by atoms with Crippen molar-refractivity contribution in [3.63, 3.8) is 0 Å². The Labute approximate surface area is 101 Å². The maximum absolute atomic E-state index is 12.3. The number of amides is 1. The van der Waals surface area contributed by atoms with Crippen LogP contribution in [0.25, 0.3) is 0 Å². The predicted octanol–water partition coefficient (Wildman–Crippen LogP) is 2.38. The highest BCUT2D eigenvalue weighted by molar-refractivity contribution is 6.02. The van der Waals surface area contributed by atoms with E-state index in [1.807, 2.05) is 36.9 Å². The Hall–Kier alpha value is -1.51. The third-order valence-electron chi connectivity index (χ3n) is 3.91. The molecule has 1 unspecified atom stereocenters. The van der Waals surface area contributed by atoms with Gasteiger partial charge in [0.25, 0.3) is 0 Å². The van der Waals surface area contributed by atoms with Crippen molar-refractivity contribution in [3.05, 3.63) is 23.8 Å². The highest BCUT2D eigenvalue weighted by atomic mass is 16.5. The second kappa shape index (κ2) is 3.25. The zero-order chi connectivity index (χ0) is 12.2. The lowest BCUT2D eigenvalue weighted by atomic mass is 9.88. The van der Waals surface area contributed by atoms with Crippen molar-refractivity contribution >= 4 is 11.6 Å². The molecule has 3 heteroatoms. The first kappa shape index (κ1) is 10.6. The highest BCUT2D eigenvalue weighted by Crippen LogP contribution is 2.46. The number of anilines is 1. The van der Waals surface area contributed by atoms with Crippen molar-refractivity contribution in [1.82, 2.24) is 0 Å². The summed E-state index contributed by atoms with van der Waals surface area (Å²) in [5, 5.41) is 0. The second-order valence-corrected chi connectivity index (χ2v) is 5.62. The normalized spacial score (nSPS) is 24.8. The van der Waals surface area contributed by atoms with Crippen LogP contribution in [-0.2, 0) is 11.2 Å². The molecule has 1 aromatic carbocycles. The first-order valence-electron chi connectivity index (χ1n) is 6.03. The number of rotatable bonds is 1. The Bertz CT molecular complexity index is 493. The van der Waals surface area contributed by atoms with E-state index in [0.717, 1.165) is 24.3 Å². The number of hydrogen-bond donors (Lipinski definition) is 0. The van der Waals surface area contributed by atoms with Crippen LogP contribution in [0, 0.1) is 5.41 Å². The number of fused-ring (bicyclic) bond motifs is 3. The van der Waals surface area contributed by atoms with E-state index < -0.39 is 0 Å². The first-order chi connectivity index (χ1) is 8.03. The smallest absolute Gasteiger partial charge is 0.232 e. The summed E-state index contributed by atoms with van der Waals surface area (Å²) in [4.78, 5) is 14.3. The van der Waals surface area contributed by atoms with E-state index in [-0.39, 0.29) is 11.3 Å². The summed E-state index contributed by atoms with van der Waals surface area (Å²) >= 11 is 0. The number of hydrogen-bond acceptors (Lipinski definition) is 2. The third-order valence-corrected chi connectivity index (χ3v) is 3.91. The highest BCUT2D eigenvalue weighted by Gasteiger charge is 2.49. The molecule has 0 aliphatic carbocycles. The average Bonchev–Trinajstić information content (AvgIpc) is 2.72. The van der Waals surface area contributed by atoms with Crippen molar-refractivity contribution in [1.29, 1.82) is 0 Å². The molecule has 0 radical (unpaired) electrons. The topological polar surface area (TPSA) is 29.5 Å². The van der Waals surface area contributed by atoms with E-state index in [1.54, 1.807) is 7.11 Å². The van der Waals surface area contributed by atoms with Gasteiger partial charge in [-0.05, 0) is 36.6 Å². The fourth-order valence-corrected chi connectivity index (χ4v) is 3.07. The van der Waals surface area contributed by atoms with E-state index in [4.69, 9.17) is 4.74 Å². The number of carbonyl (C=O) groups excluding carboxylic acids is 1. The lowest BCUT2D eigenvalue weighted by molar-refractivity contribution is -0.123. The molecule has 2 aliphatic heterocycles. The minimum Gasteiger partial charge on any atom is -0.497 e. The number of benzene rings is 1. The summed E-state index contributed by atoms with van der Waals surface area (Å²) in [5.74, 6) is 1.13. The van der Waals surface area contributed by atoms with Crippen LogP contribution in [0.1, 0.15) is 25.8 Å². The fraction of sp³-hybridized carbons (Fsp3) is 0.500. The zero-order valence-electron chi connectivity index (χ0n) is 10.5. The van der Waals surface area contributed by atoms with Crippen LogP contribution >= 0.6 is 0 Å². The van der Waals surface area contributed by atoms with Gasteiger partial charge in [-0.25, -0.2) is 0 Å². The van der Waals surface area contributed by atoms with Crippen LogP contribution in [0.4, 0.5) is 5.69 Å². The number of nitrogens with zero attached hydrogens (tertiary/aromatic N) is 1. The molecule has 17 heavy (non-hydrogen) atoms. The minimum atomic E-state index is -0.206. The average molecular weight is 231 g/mol. The molecule has 0 aromatic heterocycles. The van der Waals surface area contributed by atoms with Crippen LogP contribution in [0.5, 0.6) is 5.75 Å². The van der Waals surface area contributed by atoms with Crippen LogP contribution in [-0.4, -0.2) is 19.1 Å². The van der Waals surface area contributed by atoms with Gasteiger partial charge in [0.2, 0.25) is 5.91 Å². The van der Waals surface area contributed by atoms with E-state index in [9.17, 15) is 4.79 Å². The van der Waals surface area contributed by atoms with Crippen LogP contribution in [0.15, 0.2) is 18.2 Å². The monoisotopic (exact) mass is 231 g/mol. The van der Waals surface area contributed by atoms with Gasteiger partial charge < -0.3 is 9.64 Å². The molecule has 0 spiro atoms. The van der Waals surface area contributed by atoms with E-state index in [1.165, 1.54) is 5.56 Å². The van der Waals surface area contributed by atoms with E-state index in [2.05, 4.69) is 0 Å². The summed E-state index contributed by atoms with van der Waals surface area (Å²) in [6.07, 6.45) is 1.91. The van der Waals surface area contributed by atoms with Gasteiger partial charge in [-0.1, -0.05) is 13.8 Å². The lowest BCUT2D eigenvalue weighted by Gasteiger charge is -2.19. The van der Waals surface area contributed by atoms with Gasteiger partial charge in [0.1, 0.15) is 5.75 Å². The standard InChI is InChI=1S/C14H17NO2/c1-14(2)8-10-6-9-7-11(17-3)4-5-12(9)15(10)13(14)16/h4-5,7,10H,6,8H2,1-3H3. The molecule has 1 aromatic rings. The zero-order valence-corrected chi connectivity index (χ0v) is 10.5. The van der Waals surface area contributed by atoms with Crippen molar-refractivity contribution in [2.24, 2.45) is 5.41 Å². The Morgan fingerprint density at radius 1 is 1.41 bits per heavy atom. The van der Waals surface area contributed by atoms with Crippen molar-refractivity contribution in [3.8, 4) is 5.75 Å². The molecular formula is C14H17NO2. The van der Waals surface area contributed by atoms with Gasteiger partial charge in [0, 0.05) is 17.1 Å². The van der Waals surface area contributed by atoms with Gasteiger partial charge in [0.15, 0.2) is 0 Å². The molecule has 2 aliphatic rings. The maximum Gasteiger partial charge on any atom is 0.232 e. The van der Waals surface area contributed by atoms with E-state index >= 15 is 0 Å². The van der Waals surface area contributed by atoms with Crippen molar-refractivity contribution < 1.29 is 9.53 Å². The Morgan fingerprint density at radius 3 is 2.88 bits per heavy atom. The van der Waals surface area contributed by atoms with Crippen molar-refractivity contribution in [2.75, 3.05) is 12.0 Å². The Kier molecular flexibility index (Phi) is 2.03. The Morgan fingerprint density at radius 2 is 2.18 bits per heavy atom. The van der Waals surface area contributed by atoms with Gasteiger partial charge in [-0.3, -0.25) is 4.79 Å². The molecular weight excluding hydrogens is 214 g/mol. The molecule has 3 nitrogen and oxygen atoms in total. The second-order valence-electron chi connectivity index (χ2n) is 5.62. The largest absolute Gasteiger partial charge is 0.497 e. The van der Waals surface area contributed by atoms with Crippen molar-refractivity contribution in [2.45, 2.75) is 32.7 Å². The number of ether oxygens (including phenoxy) is 1. The molecule has 3 rings (SSSR count). The van der Waals surface area contributed by atoms with Gasteiger partial charge in [-0.2, -0.15) is 0 Å². The molecule has 1 fully saturated rings. The number of methoxy groups -OCH3 is 1. The third kappa shape index (κ3) is 1.38. The molecule has 2 heterocycles. The summed E-state index contributed by atoms with van der Waals surface area (Å²) in [6.45, 7) is 4.08. The molecule has 0 saturated carbocycles. The van der Waals surface area contributed by atoms with Gasteiger partial charge in [0.05, 0.1) is 7.11 Å². The van der Waals surface area contributed by atoms with Crippen LogP contribution < -0.4 is 9.64 Å². The van der Waals surface area contributed by atoms with Crippen LogP contribution in [0.3, 0.4) is 0 Å². The quantitative estimate of drug-likeness (QED) is 0.742. The fourth-order valence-electron chi connectivity index (χ4n) is 3.07. The summed E-state index contributed by atoms with van der Waals surface area (Å²) in [6, 6.07) is 6.33.